The summed E-state index contributed by atoms with van der Waals surface area (Å²) in [6, 6.07) is 18.5. The monoisotopic (exact) mass is 555 g/mol. The van der Waals surface area contributed by atoms with Gasteiger partial charge in [-0.15, -0.1) is 0 Å². The number of halogens is 1. The maximum Gasteiger partial charge on any atom is 0.255 e. The van der Waals surface area contributed by atoms with E-state index in [0.717, 1.165) is 54.9 Å². The molecule has 3 aromatic rings. The molecule has 3 amide bonds. The van der Waals surface area contributed by atoms with Gasteiger partial charge in [-0.3, -0.25) is 24.6 Å². The first-order valence-corrected chi connectivity index (χ1v) is 14.3. The van der Waals surface area contributed by atoms with Crippen LogP contribution in [-0.2, 0) is 29.3 Å². The van der Waals surface area contributed by atoms with Crippen LogP contribution in [0.2, 0.25) is 0 Å². The molecule has 212 valence electrons. The van der Waals surface area contributed by atoms with Crippen molar-refractivity contribution in [3.8, 4) is 5.75 Å². The number of rotatable bonds is 7. The van der Waals surface area contributed by atoms with Crippen LogP contribution in [0.5, 0.6) is 5.75 Å². The van der Waals surface area contributed by atoms with Crippen LogP contribution in [0.4, 0.5) is 4.39 Å². The Hall–Kier alpha value is -4.04. The summed E-state index contributed by atoms with van der Waals surface area (Å²) < 4.78 is 20.7. The van der Waals surface area contributed by atoms with Crippen LogP contribution in [0.15, 0.2) is 60.7 Å². The number of hydrogen-bond donors (Lipinski definition) is 1. The molecule has 2 saturated heterocycles. The number of benzene rings is 3. The Kier molecular flexibility index (Phi) is 7.58. The topological polar surface area (TPSA) is 79.0 Å². The van der Waals surface area contributed by atoms with Crippen molar-refractivity contribution >= 4 is 17.7 Å². The highest BCUT2D eigenvalue weighted by atomic mass is 19.1. The van der Waals surface area contributed by atoms with Crippen LogP contribution in [0.3, 0.4) is 0 Å². The summed E-state index contributed by atoms with van der Waals surface area (Å²) in [6.07, 6.45) is 2.21. The number of piperidine rings is 2. The third-order valence-corrected chi connectivity index (χ3v) is 8.64. The molecule has 8 heteroatoms. The van der Waals surface area contributed by atoms with Crippen LogP contribution in [0.1, 0.15) is 69.8 Å². The van der Waals surface area contributed by atoms with E-state index in [9.17, 15) is 18.8 Å². The Morgan fingerprint density at radius 2 is 1.76 bits per heavy atom. The Balaban J connectivity index is 1.09. The molecule has 6 rings (SSSR count). The zero-order valence-corrected chi connectivity index (χ0v) is 23.2. The highest BCUT2D eigenvalue weighted by Gasteiger charge is 2.41. The first-order chi connectivity index (χ1) is 19.9. The molecule has 3 heterocycles. The van der Waals surface area contributed by atoms with E-state index in [1.807, 2.05) is 24.3 Å². The molecule has 0 radical (unpaired) electrons. The standard InChI is InChI=1S/C33H34FN3O4/c1-21-15-26(41-20-22-5-3-2-4-6-22)8-7-24(21)18-36-13-11-23(12-14-36)27-16-25(34)17-28-29(27)19-37(33(28)40)30-9-10-31(38)35-32(30)39/h2-8,15-17,23,30H,9-14,18-20H2,1H3,(H,35,38,39). The summed E-state index contributed by atoms with van der Waals surface area (Å²) in [5.74, 6) is -0.542. The third-order valence-electron chi connectivity index (χ3n) is 8.64. The molecule has 0 spiro atoms. The van der Waals surface area contributed by atoms with E-state index in [4.69, 9.17) is 4.74 Å². The zero-order chi connectivity index (χ0) is 28.5. The SMILES string of the molecule is Cc1cc(OCc2ccccc2)ccc1CN1CCC(c2cc(F)cc3c2CN(C2CCC(=O)NC2=O)C3=O)CC1. The maximum absolute atomic E-state index is 14.7. The van der Waals surface area contributed by atoms with Gasteiger partial charge in [-0.25, -0.2) is 4.39 Å². The Morgan fingerprint density at radius 3 is 2.49 bits per heavy atom. The lowest BCUT2D eigenvalue weighted by Crippen LogP contribution is -2.52. The number of fused-ring (bicyclic) bond motifs is 1. The third kappa shape index (κ3) is 5.75. The second-order valence-corrected chi connectivity index (χ2v) is 11.3. The molecule has 41 heavy (non-hydrogen) atoms. The Morgan fingerprint density at radius 1 is 0.976 bits per heavy atom. The second-order valence-electron chi connectivity index (χ2n) is 11.3. The van der Waals surface area contributed by atoms with E-state index in [1.165, 1.54) is 22.1 Å². The number of hydrogen-bond acceptors (Lipinski definition) is 5. The van der Waals surface area contributed by atoms with Gasteiger partial charge in [0.1, 0.15) is 24.2 Å². The van der Waals surface area contributed by atoms with Crippen molar-refractivity contribution in [2.75, 3.05) is 13.1 Å². The number of aryl methyl sites for hydroxylation is 1. The van der Waals surface area contributed by atoms with Crippen LogP contribution in [0, 0.1) is 12.7 Å². The predicted octanol–water partition coefficient (Wildman–Crippen LogP) is 4.85. The van der Waals surface area contributed by atoms with Crippen LogP contribution < -0.4 is 10.1 Å². The molecule has 1 unspecified atom stereocenters. The Labute approximate surface area is 239 Å². The lowest BCUT2D eigenvalue weighted by molar-refractivity contribution is -0.136. The first kappa shape index (κ1) is 27.1. The number of carbonyl (C=O) groups excluding carboxylic acids is 3. The van der Waals surface area contributed by atoms with Crippen molar-refractivity contribution < 1.29 is 23.5 Å². The van der Waals surface area contributed by atoms with Gasteiger partial charge in [-0.2, -0.15) is 0 Å². The smallest absolute Gasteiger partial charge is 0.255 e. The molecule has 0 aliphatic carbocycles. The minimum atomic E-state index is -0.705. The average Bonchev–Trinajstić information content (AvgIpc) is 3.29. The second kappa shape index (κ2) is 11.4. The van der Waals surface area contributed by atoms with Gasteiger partial charge in [0.2, 0.25) is 11.8 Å². The summed E-state index contributed by atoms with van der Waals surface area (Å²) in [6.45, 7) is 5.49. The fraction of sp³-hybridized carbons (Fsp3) is 0.364. The summed E-state index contributed by atoms with van der Waals surface area (Å²) in [5.41, 5.74) is 5.62. The highest BCUT2D eigenvalue weighted by Crippen LogP contribution is 2.38. The van der Waals surface area contributed by atoms with Gasteiger partial charge in [0, 0.05) is 25.1 Å². The number of ether oxygens (including phenoxy) is 1. The van der Waals surface area contributed by atoms with E-state index >= 15 is 0 Å². The predicted molar refractivity (Wildman–Crippen MR) is 152 cm³/mol. The van der Waals surface area contributed by atoms with Gasteiger partial charge in [0.05, 0.1) is 0 Å². The summed E-state index contributed by atoms with van der Waals surface area (Å²) in [7, 11) is 0. The van der Waals surface area contributed by atoms with Gasteiger partial charge in [0.15, 0.2) is 0 Å². The summed E-state index contributed by atoms with van der Waals surface area (Å²) in [5, 5.41) is 2.33. The molecule has 0 saturated carbocycles. The number of nitrogens with zero attached hydrogens (tertiary/aromatic N) is 2. The summed E-state index contributed by atoms with van der Waals surface area (Å²) in [4.78, 5) is 41.2. The molecule has 1 atom stereocenters. The minimum absolute atomic E-state index is 0.139. The van der Waals surface area contributed by atoms with Gasteiger partial charge in [-0.1, -0.05) is 36.4 Å². The van der Waals surface area contributed by atoms with Crippen molar-refractivity contribution in [3.05, 3.63) is 99.9 Å². The van der Waals surface area contributed by atoms with Crippen molar-refractivity contribution in [1.29, 1.82) is 0 Å². The van der Waals surface area contributed by atoms with Gasteiger partial charge >= 0.3 is 0 Å². The molecule has 0 bridgehead atoms. The molecule has 1 N–H and O–H groups in total. The summed E-state index contributed by atoms with van der Waals surface area (Å²) >= 11 is 0. The molecule has 3 aliphatic heterocycles. The molecular formula is C33H34FN3O4. The quantitative estimate of drug-likeness (QED) is 0.422. The maximum atomic E-state index is 14.7. The molecule has 3 aliphatic rings. The fourth-order valence-electron chi connectivity index (χ4n) is 6.34. The van der Waals surface area contributed by atoms with E-state index in [0.29, 0.717) is 18.6 Å². The van der Waals surface area contributed by atoms with Gasteiger partial charge in [-0.05, 0) is 97.3 Å². The highest BCUT2D eigenvalue weighted by molar-refractivity contribution is 6.05. The van der Waals surface area contributed by atoms with Crippen molar-refractivity contribution in [3.63, 3.8) is 0 Å². The largest absolute Gasteiger partial charge is 0.489 e. The lowest BCUT2D eigenvalue weighted by Gasteiger charge is -2.33. The zero-order valence-electron chi connectivity index (χ0n) is 23.2. The molecule has 2 fully saturated rings. The first-order valence-electron chi connectivity index (χ1n) is 14.3. The van der Waals surface area contributed by atoms with Crippen molar-refractivity contribution in [1.82, 2.24) is 15.1 Å². The fourth-order valence-corrected chi connectivity index (χ4v) is 6.34. The molecule has 7 nitrogen and oxygen atoms in total. The average molecular weight is 556 g/mol. The van der Waals surface area contributed by atoms with Crippen molar-refractivity contribution in [2.24, 2.45) is 0 Å². The van der Waals surface area contributed by atoms with Crippen LogP contribution in [0.25, 0.3) is 0 Å². The molecular weight excluding hydrogens is 521 g/mol. The number of likely N-dealkylation sites (tertiary alicyclic amines) is 1. The van der Waals surface area contributed by atoms with Crippen molar-refractivity contribution in [2.45, 2.75) is 64.3 Å². The number of carbonyl (C=O) groups is 3. The van der Waals surface area contributed by atoms with E-state index in [-0.39, 0.29) is 30.7 Å². The normalized spacial score (nSPS) is 19.8. The Bertz CT molecular complexity index is 1480. The van der Waals surface area contributed by atoms with Crippen LogP contribution in [-0.4, -0.2) is 46.7 Å². The molecule has 3 aromatic carbocycles. The van der Waals surface area contributed by atoms with Crippen LogP contribution >= 0.6 is 0 Å². The minimum Gasteiger partial charge on any atom is -0.489 e. The molecule has 0 aromatic heterocycles. The lowest BCUT2D eigenvalue weighted by atomic mass is 9.85. The van der Waals surface area contributed by atoms with E-state index in [2.05, 4.69) is 41.4 Å². The number of nitrogens with one attached hydrogen (secondary N) is 1. The number of imide groups is 1. The van der Waals surface area contributed by atoms with E-state index in [1.54, 1.807) is 6.07 Å². The van der Waals surface area contributed by atoms with Gasteiger partial charge in [0.25, 0.3) is 5.91 Å². The van der Waals surface area contributed by atoms with E-state index < -0.39 is 17.8 Å². The number of amides is 3. The van der Waals surface area contributed by atoms with Gasteiger partial charge < -0.3 is 9.64 Å².